The van der Waals surface area contributed by atoms with Crippen molar-refractivity contribution in [2.24, 2.45) is 0 Å². The third-order valence-electron chi connectivity index (χ3n) is 8.25. The van der Waals surface area contributed by atoms with Gasteiger partial charge in [-0.25, -0.2) is 0 Å². The van der Waals surface area contributed by atoms with Gasteiger partial charge in [0.1, 0.15) is 0 Å². The van der Waals surface area contributed by atoms with E-state index in [2.05, 4.69) is 146 Å². The monoisotopic (exact) mass is 494 g/mol. The van der Waals surface area contributed by atoms with Crippen molar-refractivity contribution in [3.8, 4) is 33.4 Å². The average molecular weight is 495 g/mol. The summed E-state index contributed by atoms with van der Waals surface area (Å²) in [6, 6.07) is 51.5. The van der Waals surface area contributed by atoms with Gasteiger partial charge in [-0.1, -0.05) is 121 Å². The predicted molar refractivity (Wildman–Crippen MR) is 169 cm³/mol. The van der Waals surface area contributed by atoms with Crippen molar-refractivity contribution in [1.29, 1.82) is 0 Å². The Balaban J connectivity index is 1.49. The van der Waals surface area contributed by atoms with Crippen molar-refractivity contribution in [3.05, 3.63) is 145 Å². The fourth-order valence-corrected chi connectivity index (χ4v) is 6.37. The molecule has 0 heterocycles. The second-order valence-electron chi connectivity index (χ2n) is 10.6. The van der Waals surface area contributed by atoms with Gasteiger partial charge in [-0.15, -0.1) is 0 Å². The first-order valence-corrected chi connectivity index (χ1v) is 13.6. The zero-order valence-electron chi connectivity index (χ0n) is 21.8. The van der Waals surface area contributed by atoms with Crippen LogP contribution in [0.2, 0.25) is 0 Å². The highest BCUT2D eigenvalue weighted by Crippen LogP contribution is 2.46. The first-order chi connectivity index (χ1) is 19.2. The fourth-order valence-electron chi connectivity index (χ4n) is 6.37. The normalized spacial score (nSPS) is 11.7. The largest absolute Gasteiger partial charge is 0.0622 e. The predicted octanol–water partition coefficient (Wildman–Crippen LogP) is 11.0. The molecular weight excluding hydrogens is 468 g/mol. The second kappa shape index (κ2) is 8.55. The van der Waals surface area contributed by atoms with Crippen LogP contribution in [-0.2, 0) is 0 Å². The Morgan fingerprint density at radius 3 is 1.49 bits per heavy atom. The molecule has 0 saturated heterocycles. The van der Waals surface area contributed by atoms with E-state index in [1.165, 1.54) is 82.0 Å². The van der Waals surface area contributed by atoms with Gasteiger partial charge in [0.25, 0.3) is 0 Å². The molecule has 0 saturated carbocycles. The van der Waals surface area contributed by atoms with Crippen molar-refractivity contribution < 1.29 is 0 Å². The van der Waals surface area contributed by atoms with Crippen molar-refractivity contribution in [2.75, 3.05) is 0 Å². The van der Waals surface area contributed by atoms with E-state index in [9.17, 15) is 0 Å². The average Bonchev–Trinajstić information content (AvgIpc) is 3.00. The Labute approximate surface area is 228 Å². The summed E-state index contributed by atoms with van der Waals surface area (Å²) in [5, 5.41) is 10.4. The van der Waals surface area contributed by atoms with Crippen molar-refractivity contribution in [2.45, 2.75) is 6.92 Å². The van der Waals surface area contributed by atoms with E-state index < -0.39 is 0 Å². The van der Waals surface area contributed by atoms with Crippen LogP contribution in [0.3, 0.4) is 0 Å². The SMILES string of the molecule is Cc1ccc(-c2cc3cccc4c(-c5cc6ccccc6cc5-c5ccccc5)cc5cccc2c5c34)cc1. The van der Waals surface area contributed by atoms with E-state index >= 15 is 0 Å². The lowest BCUT2D eigenvalue weighted by molar-refractivity contribution is 1.47. The highest BCUT2D eigenvalue weighted by Gasteiger charge is 2.18. The molecule has 8 aromatic rings. The maximum atomic E-state index is 2.42. The van der Waals surface area contributed by atoms with Crippen LogP contribution in [0.4, 0.5) is 0 Å². The molecule has 0 unspecified atom stereocenters. The topological polar surface area (TPSA) is 0 Å². The zero-order valence-corrected chi connectivity index (χ0v) is 21.8. The molecule has 0 amide bonds. The van der Waals surface area contributed by atoms with E-state index in [-0.39, 0.29) is 0 Å². The molecule has 182 valence electrons. The van der Waals surface area contributed by atoms with Crippen LogP contribution in [0, 0.1) is 6.92 Å². The number of rotatable bonds is 3. The van der Waals surface area contributed by atoms with Gasteiger partial charge in [-0.3, -0.25) is 0 Å². The maximum absolute atomic E-state index is 2.42. The first kappa shape index (κ1) is 22.1. The number of hydrogen-bond donors (Lipinski definition) is 0. The molecular formula is C39H26. The molecule has 0 aliphatic rings. The molecule has 0 bridgehead atoms. The summed E-state index contributed by atoms with van der Waals surface area (Å²) in [5.74, 6) is 0. The third-order valence-corrected chi connectivity index (χ3v) is 8.25. The van der Waals surface area contributed by atoms with E-state index in [1.807, 2.05) is 0 Å². The molecule has 0 aromatic heterocycles. The van der Waals surface area contributed by atoms with Crippen LogP contribution in [0.1, 0.15) is 5.56 Å². The summed E-state index contributed by atoms with van der Waals surface area (Å²) in [5.41, 5.74) is 8.91. The molecule has 8 aromatic carbocycles. The molecule has 0 radical (unpaired) electrons. The second-order valence-corrected chi connectivity index (χ2v) is 10.6. The molecule has 0 aliphatic carbocycles. The van der Waals surface area contributed by atoms with E-state index in [0.717, 1.165) is 0 Å². The van der Waals surface area contributed by atoms with Crippen molar-refractivity contribution in [1.82, 2.24) is 0 Å². The van der Waals surface area contributed by atoms with Crippen LogP contribution in [0.5, 0.6) is 0 Å². The highest BCUT2D eigenvalue weighted by atomic mass is 14.2. The standard InChI is InChI=1S/C39H26/c1-25-17-19-27(20-18-25)34-23-30-13-8-16-33-36(24-31-14-7-15-32(34)38(31)39(30)33)37-22-29-12-6-5-11-28(29)21-35(37)26-9-3-2-4-10-26/h2-24H,1H3. The minimum Gasteiger partial charge on any atom is -0.0622 e. The van der Waals surface area contributed by atoms with Gasteiger partial charge in [0.05, 0.1) is 0 Å². The number of aryl methyl sites for hydroxylation is 1. The van der Waals surface area contributed by atoms with Crippen LogP contribution in [0.25, 0.3) is 76.5 Å². The van der Waals surface area contributed by atoms with Gasteiger partial charge in [0.2, 0.25) is 0 Å². The summed E-state index contributed by atoms with van der Waals surface area (Å²) in [7, 11) is 0. The summed E-state index contributed by atoms with van der Waals surface area (Å²) in [4.78, 5) is 0. The van der Waals surface area contributed by atoms with Gasteiger partial charge < -0.3 is 0 Å². The minimum atomic E-state index is 1.24. The van der Waals surface area contributed by atoms with E-state index in [4.69, 9.17) is 0 Å². The molecule has 0 fully saturated rings. The van der Waals surface area contributed by atoms with Gasteiger partial charge in [-0.05, 0) is 108 Å². The Morgan fingerprint density at radius 1 is 0.333 bits per heavy atom. The zero-order chi connectivity index (χ0) is 25.9. The van der Waals surface area contributed by atoms with Crippen LogP contribution in [-0.4, -0.2) is 0 Å². The van der Waals surface area contributed by atoms with Crippen LogP contribution < -0.4 is 0 Å². The Morgan fingerprint density at radius 2 is 0.821 bits per heavy atom. The minimum absolute atomic E-state index is 1.24. The van der Waals surface area contributed by atoms with Gasteiger partial charge in [0, 0.05) is 0 Å². The van der Waals surface area contributed by atoms with E-state index in [1.54, 1.807) is 0 Å². The molecule has 0 atom stereocenters. The van der Waals surface area contributed by atoms with Crippen LogP contribution >= 0.6 is 0 Å². The lowest BCUT2D eigenvalue weighted by Crippen LogP contribution is -1.92. The number of hydrogen-bond acceptors (Lipinski definition) is 0. The quantitative estimate of drug-likeness (QED) is 0.214. The van der Waals surface area contributed by atoms with Gasteiger partial charge >= 0.3 is 0 Å². The molecule has 39 heavy (non-hydrogen) atoms. The van der Waals surface area contributed by atoms with E-state index in [0.29, 0.717) is 0 Å². The highest BCUT2D eigenvalue weighted by molar-refractivity contribution is 6.29. The summed E-state index contributed by atoms with van der Waals surface area (Å²) in [6.07, 6.45) is 0. The van der Waals surface area contributed by atoms with Crippen molar-refractivity contribution >= 4 is 43.1 Å². The Hall–Kier alpha value is -4.94. The lowest BCUT2D eigenvalue weighted by atomic mass is 9.83. The molecule has 0 aliphatic heterocycles. The number of benzene rings is 8. The summed E-state index contributed by atoms with van der Waals surface area (Å²) in [6.45, 7) is 2.15. The third kappa shape index (κ3) is 3.46. The fraction of sp³-hybridized carbons (Fsp3) is 0.0256. The molecule has 0 heteroatoms. The first-order valence-electron chi connectivity index (χ1n) is 13.6. The smallest absolute Gasteiger partial charge is 0.00201 e. The Bertz CT molecular complexity index is 2150. The molecule has 0 spiro atoms. The summed E-state index contributed by atoms with van der Waals surface area (Å²) >= 11 is 0. The van der Waals surface area contributed by atoms with Crippen LogP contribution in [0.15, 0.2) is 140 Å². The van der Waals surface area contributed by atoms with Crippen molar-refractivity contribution in [3.63, 3.8) is 0 Å². The lowest BCUT2D eigenvalue weighted by Gasteiger charge is -2.20. The Kier molecular flexibility index (Phi) is 4.84. The summed E-state index contributed by atoms with van der Waals surface area (Å²) < 4.78 is 0. The van der Waals surface area contributed by atoms with Gasteiger partial charge in [-0.2, -0.15) is 0 Å². The van der Waals surface area contributed by atoms with Gasteiger partial charge in [0.15, 0.2) is 0 Å². The maximum Gasteiger partial charge on any atom is -0.00201 e. The molecule has 0 N–H and O–H groups in total. The number of fused-ring (bicyclic) bond motifs is 1. The molecule has 0 nitrogen and oxygen atoms in total. The molecule has 8 rings (SSSR count).